The van der Waals surface area contributed by atoms with Gasteiger partial charge in [-0.3, -0.25) is 0 Å². The van der Waals surface area contributed by atoms with Gasteiger partial charge in [0.2, 0.25) is 0 Å². The van der Waals surface area contributed by atoms with Gasteiger partial charge in [0.05, 0.1) is 13.7 Å². The van der Waals surface area contributed by atoms with Crippen LogP contribution in [-0.2, 0) is 11.2 Å². The third-order valence-electron chi connectivity index (χ3n) is 3.51. The molecule has 0 amide bonds. The molecule has 1 rings (SSSR count). The molecule has 0 aromatic carbocycles. The van der Waals surface area contributed by atoms with Crippen LogP contribution in [0.3, 0.4) is 0 Å². The average Bonchev–Trinajstić information content (AvgIpc) is 2.46. The first-order chi connectivity index (χ1) is 9.99. The van der Waals surface area contributed by atoms with Gasteiger partial charge in [-0.2, -0.15) is 0 Å². The molecular weight excluding hydrogens is 268 g/mol. The quantitative estimate of drug-likeness (QED) is 0.708. The minimum Gasteiger partial charge on any atom is -0.488 e. The third kappa shape index (κ3) is 5.52. The van der Waals surface area contributed by atoms with Gasteiger partial charge in [-0.05, 0) is 30.9 Å². The summed E-state index contributed by atoms with van der Waals surface area (Å²) in [6.45, 7) is 7.47. The van der Waals surface area contributed by atoms with Crippen LogP contribution in [0.4, 0.5) is 0 Å². The Balaban J connectivity index is 2.84. The van der Waals surface area contributed by atoms with Gasteiger partial charge in [-0.15, -0.1) is 0 Å². The zero-order chi connectivity index (χ0) is 15.8. The summed E-state index contributed by atoms with van der Waals surface area (Å²) in [5.74, 6) is 1.62. The SMILES string of the molecule is COCCCOc1cc(C[C@H](N)C(C)C)c(C)nc1OC. The highest BCUT2D eigenvalue weighted by Crippen LogP contribution is 2.28. The Morgan fingerprint density at radius 2 is 1.95 bits per heavy atom. The van der Waals surface area contributed by atoms with Crippen molar-refractivity contribution >= 4 is 0 Å². The topological polar surface area (TPSA) is 66.6 Å². The number of methoxy groups -OCH3 is 2. The number of ether oxygens (including phenoxy) is 3. The van der Waals surface area contributed by atoms with Crippen LogP contribution >= 0.6 is 0 Å². The lowest BCUT2D eigenvalue weighted by atomic mass is 9.96. The lowest BCUT2D eigenvalue weighted by Gasteiger charge is -2.18. The first-order valence-electron chi connectivity index (χ1n) is 7.41. The summed E-state index contributed by atoms with van der Waals surface area (Å²) in [7, 11) is 3.28. The molecule has 2 N–H and O–H groups in total. The molecule has 0 aliphatic heterocycles. The number of hydrogen-bond donors (Lipinski definition) is 1. The Morgan fingerprint density at radius 3 is 2.52 bits per heavy atom. The van der Waals surface area contributed by atoms with Gasteiger partial charge < -0.3 is 19.9 Å². The molecule has 5 nitrogen and oxygen atoms in total. The predicted molar refractivity (Wildman–Crippen MR) is 84.0 cm³/mol. The van der Waals surface area contributed by atoms with Crippen LogP contribution in [0.1, 0.15) is 31.5 Å². The van der Waals surface area contributed by atoms with Crippen LogP contribution in [0.15, 0.2) is 6.07 Å². The Labute approximate surface area is 127 Å². The largest absolute Gasteiger partial charge is 0.488 e. The fourth-order valence-electron chi connectivity index (χ4n) is 1.93. The molecule has 1 atom stereocenters. The van der Waals surface area contributed by atoms with Gasteiger partial charge in [-0.25, -0.2) is 4.98 Å². The van der Waals surface area contributed by atoms with Crippen molar-refractivity contribution in [2.75, 3.05) is 27.4 Å². The van der Waals surface area contributed by atoms with Crippen molar-refractivity contribution in [1.29, 1.82) is 0 Å². The van der Waals surface area contributed by atoms with Crippen LogP contribution in [0.5, 0.6) is 11.6 Å². The number of aryl methyl sites for hydroxylation is 1. The molecule has 0 unspecified atom stereocenters. The van der Waals surface area contributed by atoms with Crippen molar-refractivity contribution in [1.82, 2.24) is 4.98 Å². The highest BCUT2D eigenvalue weighted by molar-refractivity contribution is 5.40. The zero-order valence-electron chi connectivity index (χ0n) is 13.8. The smallest absolute Gasteiger partial charge is 0.256 e. The van der Waals surface area contributed by atoms with Crippen molar-refractivity contribution in [3.05, 3.63) is 17.3 Å². The third-order valence-corrected chi connectivity index (χ3v) is 3.51. The number of rotatable bonds is 9. The van der Waals surface area contributed by atoms with E-state index >= 15 is 0 Å². The molecule has 1 aromatic heterocycles. The van der Waals surface area contributed by atoms with E-state index in [1.807, 2.05) is 13.0 Å². The molecule has 5 heteroatoms. The Hall–Kier alpha value is -1.33. The molecule has 1 heterocycles. The normalized spacial score (nSPS) is 12.5. The van der Waals surface area contributed by atoms with E-state index in [4.69, 9.17) is 19.9 Å². The van der Waals surface area contributed by atoms with Crippen LogP contribution in [0.2, 0.25) is 0 Å². The molecular formula is C16H28N2O3. The molecule has 0 radical (unpaired) electrons. The van der Waals surface area contributed by atoms with Gasteiger partial charge in [-0.1, -0.05) is 13.8 Å². The second-order valence-corrected chi connectivity index (χ2v) is 5.55. The molecule has 0 fully saturated rings. The van der Waals surface area contributed by atoms with Gasteiger partial charge in [0.25, 0.3) is 5.88 Å². The molecule has 0 saturated carbocycles. The molecule has 0 aliphatic rings. The fraction of sp³-hybridized carbons (Fsp3) is 0.688. The highest BCUT2D eigenvalue weighted by Gasteiger charge is 2.15. The van der Waals surface area contributed by atoms with Crippen molar-refractivity contribution in [2.45, 2.75) is 39.7 Å². The summed E-state index contributed by atoms with van der Waals surface area (Å²) < 4.78 is 16.1. The van der Waals surface area contributed by atoms with E-state index in [9.17, 15) is 0 Å². The summed E-state index contributed by atoms with van der Waals surface area (Å²) in [5, 5.41) is 0. The standard InChI is InChI=1S/C16H28N2O3/c1-11(2)14(17)9-13-10-15(21-8-6-7-19-4)16(20-5)18-12(13)3/h10-11,14H,6-9,17H2,1-5H3/t14-/m0/s1. The molecule has 0 spiro atoms. The van der Waals surface area contributed by atoms with Crippen LogP contribution in [0.25, 0.3) is 0 Å². The van der Waals surface area contributed by atoms with Crippen LogP contribution in [0, 0.1) is 12.8 Å². The molecule has 0 saturated heterocycles. The van der Waals surface area contributed by atoms with E-state index in [-0.39, 0.29) is 6.04 Å². The van der Waals surface area contributed by atoms with Crippen LogP contribution < -0.4 is 15.2 Å². The maximum Gasteiger partial charge on any atom is 0.256 e. The number of pyridine rings is 1. The molecule has 120 valence electrons. The molecule has 21 heavy (non-hydrogen) atoms. The van der Waals surface area contributed by atoms with E-state index in [1.54, 1.807) is 14.2 Å². The van der Waals surface area contributed by atoms with E-state index in [1.165, 1.54) is 0 Å². The summed E-state index contributed by atoms with van der Waals surface area (Å²) in [5.41, 5.74) is 8.21. The van der Waals surface area contributed by atoms with Gasteiger partial charge in [0.15, 0.2) is 5.75 Å². The lowest BCUT2D eigenvalue weighted by Crippen LogP contribution is -2.29. The van der Waals surface area contributed by atoms with E-state index in [2.05, 4.69) is 18.8 Å². The second-order valence-electron chi connectivity index (χ2n) is 5.55. The summed E-state index contributed by atoms with van der Waals surface area (Å²) in [6, 6.07) is 2.11. The highest BCUT2D eigenvalue weighted by atomic mass is 16.5. The monoisotopic (exact) mass is 296 g/mol. The van der Waals surface area contributed by atoms with Crippen molar-refractivity contribution < 1.29 is 14.2 Å². The number of nitrogens with two attached hydrogens (primary N) is 1. The average molecular weight is 296 g/mol. The van der Waals surface area contributed by atoms with Gasteiger partial charge in [0.1, 0.15) is 0 Å². The van der Waals surface area contributed by atoms with E-state index < -0.39 is 0 Å². The van der Waals surface area contributed by atoms with Gasteiger partial charge in [0, 0.05) is 31.9 Å². The minimum atomic E-state index is 0.111. The zero-order valence-corrected chi connectivity index (χ0v) is 13.8. The molecule has 0 bridgehead atoms. The molecule has 1 aromatic rings. The maximum absolute atomic E-state index is 6.16. The van der Waals surface area contributed by atoms with E-state index in [0.29, 0.717) is 30.8 Å². The Kier molecular flexibility index (Phi) is 7.47. The first-order valence-corrected chi connectivity index (χ1v) is 7.41. The second kappa shape index (κ2) is 8.85. The van der Waals surface area contributed by atoms with Crippen LogP contribution in [-0.4, -0.2) is 38.5 Å². The summed E-state index contributed by atoms with van der Waals surface area (Å²) in [4.78, 5) is 4.47. The predicted octanol–water partition coefficient (Wildman–Crippen LogP) is 2.34. The van der Waals surface area contributed by atoms with Crippen molar-refractivity contribution in [3.8, 4) is 11.6 Å². The maximum atomic E-state index is 6.16. The minimum absolute atomic E-state index is 0.111. The number of nitrogens with zero attached hydrogens (tertiary/aromatic N) is 1. The van der Waals surface area contributed by atoms with Crippen molar-refractivity contribution in [3.63, 3.8) is 0 Å². The van der Waals surface area contributed by atoms with Gasteiger partial charge >= 0.3 is 0 Å². The first kappa shape index (κ1) is 17.7. The summed E-state index contributed by atoms with van der Waals surface area (Å²) >= 11 is 0. The molecule has 0 aliphatic carbocycles. The number of aromatic nitrogens is 1. The van der Waals surface area contributed by atoms with Crippen molar-refractivity contribution in [2.24, 2.45) is 11.7 Å². The number of hydrogen-bond acceptors (Lipinski definition) is 5. The lowest BCUT2D eigenvalue weighted by molar-refractivity contribution is 0.170. The Morgan fingerprint density at radius 1 is 1.24 bits per heavy atom. The van der Waals surface area contributed by atoms with E-state index in [0.717, 1.165) is 24.1 Å². The fourth-order valence-corrected chi connectivity index (χ4v) is 1.93. The Bertz CT molecular complexity index is 436. The summed E-state index contributed by atoms with van der Waals surface area (Å²) in [6.07, 6.45) is 1.61.